The van der Waals surface area contributed by atoms with Crippen molar-refractivity contribution in [2.75, 3.05) is 0 Å². The third-order valence-electron chi connectivity index (χ3n) is 0. The minimum Gasteiger partial charge on any atom is -0.790 e. The minimum atomic E-state index is -5.14. The van der Waals surface area contributed by atoms with E-state index in [0.29, 0.717) is 0 Å². The molecule has 14 heteroatoms. The van der Waals surface area contributed by atoms with Gasteiger partial charge in [-0.05, 0) is 0 Å². The Labute approximate surface area is 103 Å². The van der Waals surface area contributed by atoms with Crippen LogP contribution in [0.3, 0.4) is 0 Å². The van der Waals surface area contributed by atoms with Crippen LogP contribution in [-0.4, -0.2) is 43.2 Å². The monoisotopic (exact) mass is 236 g/mol. The maximum absolute atomic E-state index is 8.66. The summed E-state index contributed by atoms with van der Waals surface area (Å²) in [4.78, 5) is 24.3. The Bertz CT molecular complexity index is 59.4. The van der Waals surface area contributed by atoms with Gasteiger partial charge in [-0.1, -0.05) is 0 Å². The first-order valence-corrected chi connectivity index (χ1v) is 2.24. The minimum absolute atomic E-state index is 0. The summed E-state index contributed by atoms with van der Waals surface area (Å²) in [5.41, 5.74) is 0. The molecule has 0 aromatic carbocycles. The number of hydrogen-bond acceptors (Lipinski definition) is 3. The molecule has 11 nitrogen and oxygen atoms in total. The van der Waals surface area contributed by atoms with Crippen LogP contribution in [0, 0.1) is 0 Å². The molecule has 0 saturated heterocycles. The first kappa shape index (κ1) is 117. The fourth-order valence-electron chi connectivity index (χ4n) is 0. The molecule has 0 aliphatic carbocycles. The molecule has 0 rings (SSSR count). The molecule has 14 heavy (non-hydrogen) atoms. The standard InChI is InChI=1S/2Li.H3O4P.7H2O/c;;1-5(2,3)4;;;;;;;/h;;(H3,1,2,3,4);7*1H2/q2*+1;;;;;;;;/p-2. The van der Waals surface area contributed by atoms with Gasteiger partial charge < -0.3 is 57.6 Å². The van der Waals surface area contributed by atoms with Gasteiger partial charge in [0.15, 0.2) is 0 Å². The zero-order valence-corrected chi connectivity index (χ0v) is 8.51. The summed E-state index contributed by atoms with van der Waals surface area (Å²) in [6.45, 7) is 0. The van der Waals surface area contributed by atoms with Gasteiger partial charge in [-0.3, -0.25) is 0 Å². The van der Waals surface area contributed by atoms with Crippen molar-refractivity contribution in [3.63, 3.8) is 0 Å². The van der Waals surface area contributed by atoms with Gasteiger partial charge in [-0.25, -0.2) is 0 Å². The molecular formula is H15Li2O11P. The molecule has 0 aromatic heterocycles. The van der Waals surface area contributed by atoms with E-state index >= 15 is 0 Å². The predicted molar refractivity (Wildman–Crippen MR) is 35.1 cm³/mol. The van der Waals surface area contributed by atoms with Gasteiger partial charge in [0.25, 0.3) is 0 Å². The fourth-order valence-corrected chi connectivity index (χ4v) is 0. The van der Waals surface area contributed by atoms with Gasteiger partial charge in [0.2, 0.25) is 0 Å². The summed E-state index contributed by atoms with van der Waals surface area (Å²) in [6, 6.07) is 0. The van der Waals surface area contributed by atoms with Crippen LogP contribution < -0.4 is 47.5 Å². The Morgan fingerprint density at radius 3 is 0.714 bits per heavy atom. The largest absolute Gasteiger partial charge is 1.00 e. The maximum atomic E-state index is 8.66. The Hall–Kier alpha value is 1.02. The predicted octanol–water partition coefficient (Wildman–Crippen LogP) is -14.0. The van der Waals surface area contributed by atoms with Crippen LogP contribution in [-0.2, 0) is 4.57 Å². The zero-order valence-electron chi connectivity index (χ0n) is 7.62. The number of rotatable bonds is 0. The molecule has 0 aliphatic rings. The first-order chi connectivity index (χ1) is 2.00. The quantitative estimate of drug-likeness (QED) is 0.315. The summed E-state index contributed by atoms with van der Waals surface area (Å²) >= 11 is 0. The molecule has 0 fully saturated rings. The van der Waals surface area contributed by atoms with Crippen LogP contribution in [0.1, 0.15) is 0 Å². The van der Waals surface area contributed by atoms with E-state index in [1.165, 1.54) is 0 Å². The molecule has 88 valence electrons. The van der Waals surface area contributed by atoms with Crippen molar-refractivity contribution >= 4 is 7.82 Å². The molecule has 15 N–H and O–H groups in total. The van der Waals surface area contributed by atoms with Crippen molar-refractivity contribution in [1.82, 2.24) is 0 Å². The summed E-state index contributed by atoms with van der Waals surface area (Å²) in [6.07, 6.45) is 0. The normalized spacial score (nSPS) is 4.21. The summed E-state index contributed by atoms with van der Waals surface area (Å²) in [7, 11) is -5.14. The van der Waals surface area contributed by atoms with E-state index in [1.807, 2.05) is 0 Å². The molecule has 0 amide bonds. The van der Waals surface area contributed by atoms with Crippen molar-refractivity contribution in [3.8, 4) is 0 Å². The average molecular weight is 236 g/mol. The van der Waals surface area contributed by atoms with E-state index in [1.54, 1.807) is 0 Å². The number of phosphoric acid groups is 1. The first-order valence-electron chi connectivity index (χ1n) is 0.748. The summed E-state index contributed by atoms with van der Waals surface area (Å²) in [5, 5.41) is 0. The zero-order chi connectivity index (χ0) is 4.50. The second-order valence-corrected chi connectivity index (χ2v) is 1.41. The summed E-state index contributed by atoms with van der Waals surface area (Å²) in [5.74, 6) is 0. The van der Waals surface area contributed by atoms with Gasteiger partial charge in [0, 0.05) is 0 Å². The molecule has 0 unspecified atom stereocenters. The molecule has 0 saturated carbocycles. The van der Waals surface area contributed by atoms with E-state index < -0.39 is 7.82 Å². The molecule has 0 spiro atoms. The Kier molecular flexibility index (Phi) is 403. The van der Waals surface area contributed by atoms with Gasteiger partial charge in [-0.2, -0.15) is 0 Å². The van der Waals surface area contributed by atoms with Crippen LogP contribution in [0.4, 0.5) is 0 Å². The maximum Gasteiger partial charge on any atom is 1.00 e. The second kappa shape index (κ2) is 48.2. The average Bonchev–Trinajstić information content (AvgIpc) is 0.722. The van der Waals surface area contributed by atoms with Crippen LogP contribution >= 0.6 is 7.82 Å². The Balaban J connectivity index is -0.00000000222. The smallest absolute Gasteiger partial charge is 0.790 e. The van der Waals surface area contributed by atoms with Crippen molar-refractivity contribution in [3.05, 3.63) is 0 Å². The molecule has 0 aliphatic heterocycles. The van der Waals surface area contributed by atoms with E-state index in [0.717, 1.165) is 0 Å². The fraction of sp³-hybridized carbons (Fsp3) is 0. The van der Waals surface area contributed by atoms with Crippen molar-refractivity contribution in [1.29, 1.82) is 0 Å². The molecule has 0 bridgehead atoms. The van der Waals surface area contributed by atoms with Crippen molar-refractivity contribution in [2.24, 2.45) is 0 Å². The van der Waals surface area contributed by atoms with Gasteiger partial charge in [0.05, 0.1) is 7.82 Å². The Morgan fingerprint density at radius 2 is 0.714 bits per heavy atom. The molecule has 0 radical (unpaired) electrons. The Morgan fingerprint density at radius 1 is 0.714 bits per heavy atom. The van der Waals surface area contributed by atoms with Crippen molar-refractivity contribution in [2.45, 2.75) is 0 Å². The van der Waals surface area contributed by atoms with E-state index in [2.05, 4.69) is 0 Å². The van der Waals surface area contributed by atoms with Gasteiger partial charge >= 0.3 is 37.7 Å². The molecule has 0 heterocycles. The number of hydrogen-bond donors (Lipinski definition) is 1. The topological polar surface area (TPSA) is 304 Å². The van der Waals surface area contributed by atoms with Crippen LogP contribution in [0.25, 0.3) is 0 Å². The molecular weight excluding hydrogens is 221 g/mol. The van der Waals surface area contributed by atoms with E-state index in [4.69, 9.17) is 19.2 Å². The van der Waals surface area contributed by atoms with Gasteiger partial charge in [-0.15, -0.1) is 0 Å². The van der Waals surface area contributed by atoms with Crippen LogP contribution in [0.5, 0.6) is 0 Å². The van der Waals surface area contributed by atoms with E-state index in [9.17, 15) is 0 Å². The molecule has 0 atom stereocenters. The SMILES string of the molecule is O.O.O.O.O.O.O.O=P([O-])([O-])O.[Li+].[Li+]. The summed E-state index contributed by atoms with van der Waals surface area (Å²) < 4.78 is 8.66. The third kappa shape index (κ3) is 1790. The van der Waals surface area contributed by atoms with Gasteiger partial charge in [0.1, 0.15) is 0 Å². The van der Waals surface area contributed by atoms with Crippen molar-refractivity contribution < 1.29 is 95.3 Å². The van der Waals surface area contributed by atoms with Crippen LogP contribution in [0.2, 0.25) is 0 Å². The molecule has 0 aromatic rings. The van der Waals surface area contributed by atoms with E-state index in [-0.39, 0.29) is 76.1 Å². The third-order valence-corrected chi connectivity index (χ3v) is 0. The van der Waals surface area contributed by atoms with Crippen LogP contribution in [0.15, 0.2) is 0 Å². The second-order valence-electron chi connectivity index (χ2n) is 0.469.